The third-order valence-corrected chi connectivity index (χ3v) is 9.87. The van der Waals surface area contributed by atoms with Crippen LogP contribution in [0.3, 0.4) is 0 Å². The monoisotopic (exact) mass is 271 g/mol. The van der Waals surface area contributed by atoms with Gasteiger partial charge in [-0.2, -0.15) is 0 Å². The highest BCUT2D eigenvalue weighted by Crippen LogP contribution is 2.43. The van der Waals surface area contributed by atoms with Crippen LogP contribution in [0, 0.1) is 0 Å². The van der Waals surface area contributed by atoms with E-state index in [4.69, 9.17) is 4.43 Å². The zero-order valence-electron chi connectivity index (χ0n) is 12.6. The molecule has 0 spiro atoms. The molecule has 0 aromatic heterocycles. The summed E-state index contributed by atoms with van der Waals surface area (Å²) in [7, 11) is -1.67. The predicted octanol–water partition coefficient (Wildman–Crippen LogP) is 2.61. The highest BCUT2D eigenvalue weighted by atomic mass is 28.4. The van der Waals surface area contributed by atoms with Gasteiger partial charge in [-0.3, -0.25) is 4.90 Å². The van der Waals surface area contributed by atoms with Crippen molar-refractivity contribution in [3.8, 4) is 0 Å². The summed E-state index contributed by atoms with van der Waals surface area (Å²) in [5.74, 6) is 0. The summed E-state index contributed by atoms with van der Waals surface area (Å²) in [4.78, 5) is 2.46. The van der Waals surface area contributed by atoms with Crippen molar-refractivity contribution in [2.45, 2.75) is 69.8 Å². The lowest BCUT2D eigenvalue weighted by atomic mass is 9.95. The van der Waals surface area contributed by atoms with Crippen molar-refractivity contribution in [3.05, 3.63) is 0 Å². The van der Waals surface area contributed by atoms with Gasteiger partial charge in [-0.25, -0.2) is 0 Å². The van der Waals surface area contributed by atoms with E-state index in [1.165, 1.54) is 6.42 Å². The lowest BCUT2D eigenvalue weighted by molar-refractivity contribution is 0.0991. The summed E-state index contributed by atoms with van der Waals surface area (Å²) in [6.45, 7) is 14.0. The Morgan fingerprint density at radius 1 is 1.39 bits per heavy atom. The van der Waals surface area contributed by atoms with Gasteiger partial charge in [-0.05, 0) is 43.9 Å². The number of aliphatic hydroxyl groups excluding tert-OH is 1. The number of hydrogen-bond donors (Lipinski definition) is 1. The molecule has 2 fully saturated rings. The van der Waals surface area contributed by atoms with Crippen molar-refractivity contribution in [2.24, 2.45) is 0 Å². The molecule has 2 aliphatic heterocycles. The number of nitrogens with zero attached hydrogens (tertiary/aromatic N) is 1. The van der Waals surface area contributed by atoms with Gasteiger partial charge in [0, 0.05) is 12.1 Å². The number of fused-ring (bicyclic) bond motifs is 1. The first-order valence-electron chi connectivity index (χ1n) is 7.24. The van der Waals surface area contributed by atoms with Crippen LogP contribution in [0.15, 0.2) is 0 Å². The third kappa shape index (κ3) is 2.40. The largest absolute Gasteiger partial charge is 0.413 e. The van der Waals surface area contributed by atoms with Crippen molar-refractivity contribution in [3.63, 3.8) is 0 Å². The normalized spacial score (nSPS) is 34.0. The highest BCUT2D eigenvalue weighted by Gasteiger charge is 2.50. The fourth-order valence-corrected chi connectivity index (χ4v) is 4.51. The van der Waals surface area contributed by atoms with Crippen molar-refractivity contribution in [1.29, 1.82) is 0 Å². The molecule has 2 rings (SSSR count). The molecular weight excluding hydrogens is 242 g/mol. The van der Waals surface area contributed by atoms with Crippen LogP contribution < -0.4 is 0 Å². The molecule has 3 nitrogen and oxygen atoms in total. The standard InChI is InChI=1S/C14H29NO2Si/c1-13(2,3)18(4,5)17-12-9-14(11-16)7-6-8-15(14)10-12/h12,16H,6-11H2,1-5H3/t12-,14+/m0/s1. The summed E-state index contributed by atoms with van der Waals surface area (Å²) in [5.41, 5.74) is 0.0486. The molecular formula is C14H29NO2Si. The van der Waals surface area contributed by atoms with E-state index in [0.717, 1.165) is 25.9 Å². The first-order valence-corrected chi connectivity index (χ1v) is 10.1. The highest BCUT2D eigenvalue weighted by molar-refractivity contribution is 6.74. The van der Waals surface area contributed by atoms with Crippen molar-refractivity contribution < 1.29 is 9.53 Å². The molecule has 2 heterocycles. The van der Waals surface area contributed by atoms with E-state index in [1.54, 1.807) is 0 Å². The SMILES string of the molecule is CC(C)(C)[Si](C)(C)O[C@@H]1CN2CCC[C@]2(CO)C1. The molecule has 0 saturated carbocycles. The van der Waals surface area contributed by atoms with Gasteiger partial charge in [0.15, 0.2) is 8.32 Å². The minimum Gasteiger partial charge on any atom is -0.413 e. The first kappa shape index (κ1) is 14.5. The van der Waals surface area contributed by atoms with Gasteiger partial charge in [-0.1, -0.05) is 20.8 Å². The Hall–Kier alpha value is 0.0969. The van der Waals surface area contributed by atoms with E-state index < -0.39 is 8.32 Å². The fourth-order valence-electron chi connectivity index (χ4n) is 3.16. The molecule has 1 N–H and O–H groups in total. The number of aliphatic hydroxyl groups is 1. The van der Waals surface area contributed by atoms with Crippen LogP contribution >= 0.6 is 0 Å². The number of rotatable bonds is 3. The minimum absolute atomic E-state index is 0.0486. The Kier molecular flexibility index (Phi) is 3.69. The Bertz CT molecular complexity index is 313. The Balaban J connectivity index is 2.02. The maximum atomic E-state index is 9.72. The smallest absolute Gasteiger partial charge is 0.192 e. The van der Waals surface area contributed by atoms with Gasteiger partial charge in [-0.15, -0.1) is 0 Å². The van der Waals surface area contributed by atoms with E-state index in [1.807, 2.05) is 0 Å². The quantitative estimate of drug-likeness (QED) is 0.801. The molecule has 0 aromatic carbocycles. The number of hydrogen-bond acceptors (Lipinski definition) is 3. The van der Waals surface area contributed by atoms with E-state index in [9.17, 15) is 5.11 Å². The topological polar surface area (TPSA) is 32.7 Å². The summed E-state index contributed by atoms with van der Waals surface area (Å²) < 4.78 is 6.51. The van der Waals surface area contributed by atoms with Gasteiger partial charge in [0.05, 0.1) is 12.7 Å². The Labute approximate surface area is 113 Å². The van der Waals surface area contributed by atoms with E-state index in [2.05, 4.69) is 38.8 Å². The van der Waals surface area contributed by atoms with Gasteiger partial charge < -0.3 is 9.53 Å². The molecule has 0 radical (unpaired) electrons. The zero-order valence-corrected chi connectivity index (χ0v) is 13.6. The van der Waals surface area contributed by atoms with Crippen molar-refractivity contribution in [1.82, 2.24) is 4.90 Å². The zero-order chi connectivity index (χ0) is 13.6. The lowest BCUT2D eigenvalue weighted by Gasteiger charge is -2.38. The molecule has 0 aromatic rings. The van der Waals surface area contributed by atoms with Crippen LogP contribution in [0.25, 0.3) is 0 Å². The first-order chi connectivity index (χ1) is 8.20. The van der Waals surface area contributed by atoms with Crippen LogP contribution in [0.1, 0.15) is 40.0 Å². The maximum absolute atomic E-state index is 9.72. The fraction of sp³-hybridized carbons (Fsp3) is 1.00. The molecule has 0 amide bonds. The van der Waals surface area contributed by atoms with Gasteiger partial charge >= 0.3 is 0 Å². The average Bonchev–Trinajstić information content (AvgIpc) is 2.71. The predicted molar refractivity (Wildman–Crippen MR) is 77.3 cm³/mol. The van der Waals surface area contributed by atoms with Crippen LogP contribution in [0.5, 0.6) is 0 Å². The van der Waals surface area contributed by atoms with Crippen LogP contribution in [0.2, 0.25) is 18.1 Å². The molecule has 0 bridgehead atoms. The third-order valence-electron chi connectivity index (χ3n) is 5.33. The Morgan fingerprint density at radius 3 is 2.56 bits per heavy atom. The minimum atomic E-state index is -1.67. The summed E-state index contributed by atoms with van der Waals surface area (Å²) in [6, 6.07) is 0. The average molecular weight is 271 g/mol. The van der Waals surface area contributed by atoms with Crippen LogP contribution in [-0.2, 0) is 4.43 Å². The van der Waals surface area contributed by atoms with E-state index >= 15 is 0 Å². The van der Waals surface area contributed by atoms with E-state index in [0.29, 0.717) is 12.7 Å². The second-order valence-corrected chi connectivity index (χ2v) is 12.4. The summed E-state index contributed by atoms with van der Waals surface area (Å²) in [5, 5.41) is 9.99. The molecule has 2 atom stereocenters. The van der Waals surface area contributed by atoms with E-state index in [-0.39, 0.29) is 10.6 Å². The molecule has 4 heteroatoms. The van der Waals surface area contributed by atoms with Gasteiger partial charge in [0.25, 0.3) is 0 Å². The molecule has 2 saturated heterocycles. The summed E-state index contributed by atoms with van der Waals surface area (Å²) in [6.07, 6.45) is 3.72. The maximum Gasteiger partial charge on any atom is 0.192 e. The van der Waals surface area contributed by atoms with Gasteiger partial charge in [0.1, 0.15) is 0 Å². The van der Waals surface area contributed by atoms with Crippen molar-refractivity contribution >= 4 is 8.32 Å². The van der Waals surface area contributed by atoms with Crippen LogP contribution in [-0.4, -0.2) is 49.7 Å². The molecule has 2 aliphatic rings. The molecule has 0 unspecified atom stereocenters. The van der Waals surface area contributed by atoms with Crippen LogP contribution in [0.4, 0.5) is 0 Å². The second kappa shape index (κ2) is 4.58. The molecule has 106 valence electrons. The van der Waals surface area contributed by atoms with Crippen molar-refractivity contribution in [2.75, 3.05) is 19.7 Å². The Morgan fingerprint density at radius 2 is 2.06 bits per heavy atom. The van der Waals surface area contributed by atoms with Gasteiger partial charge in [0.2, 0.25) is 0 Å². The molecule has 0 aliphatic carbocycles. The second-order valence-electron chi connectivity index (χ2n) is 7.64. The lowest BCUT2D eigenvalue weighted by Crippen LogP contribution is -2.44. The molecule has 18 heavy (non-hydrogen) atoms. The summed E-state index contributed by atoms with van der Waals surface area (Å²) >= 11 is 0.